The molecular weight excluding hydrogens is 609 g/mol. The average Bonchev–Trinajstić information content (AvgIpc) is 3.51. The first-order valence-electron chi connectivity index (χ1n) is 14.0. The third kappa shape index (κ3) is 8.92. The van der Waals surface area contributed by atoms with Crippen LogP contribution in [0, 0.1) is 5.41 Å². The normalized spacial score (nSPS) is 14.0. The number of carbonyl (C=O) groups is 3. The average molecular weight is 651 g/mol. The maximum atomic E-state index is 13.1. The third-order valence-electron chi connectivity index (χ3n) is 7.30. The molecule has 0 saturated carbocycles. The van der Waals surface area contributed by atoms with Gasteiger partial charge in [0, 0.05) is 69.2 Å². The summed E-state index contributed by atoms with van der Waals surface area (Å²) in [4.78, 5) is 48.1. The molecular formula is C31H41Cl2N5O4S. The predicted molar refractivity (Wildman–Crippen MR) is 177 cm³/mol. The van der Waals surface area contributed by atoms with E-state index < -0.39 is 5.41 Å². The van der Waals surface area contributed by atoms with Crippen molar-refractivity contribution in [2.75, 3.05) is 49.6 Å². The largest absolute Gasteiger partial charge is 0.493 e. The lowest BCUT2D eigenvalue weighted by Crippen LogP contribution is -2.47. The van der Waals surface area contributed by atoms with Gasteiger partial charge in [-0.2, -0.15) is 11.3 Å². The van der Waals surface area contributed by atoms with Gasteiger partial charge in [0.15, 0.2) is 0 Å². The van der Waals surface area contributed by atoms with Crippen LogP contribution in [0.25, 0.3) is 0 Å². The Kier molecular flexibility index (Phi) is 13.9. The Balaban J connectivity index is 0.00000323. The van der Waals surface area contributed by atoms with Crippen molar-refractivity contribution in [3.05, 3.63) is 70.7 Å². The van der Waals surface area contributed by atoms with E-state index in [0.717, 1.165) is 32.5 Å². The van der Waals surface area contributed by atoms with Crippen LogP contribution in [-0.4, -0.2) is 67.4 Å². The molecule has 1 aliphatic rings. The van der Waals surface area contributed by atoms with Crippen molar-refractivity contribution in [3.63, 3.8) is 0 Å². The molecule has 2 aromatic heterocycles. The fourth-order valence-corrected chi connectivity index (χ4v) is 5.60. The van der Waals surface area contributed by atoms with E-state index in [2.05, 4.69) is 15.2 Å². The van der Waals surface area contributed by atoms with E-state index >= 15 is 0 Å². The van der Waals surface area contributed by atoms with Crippen LogP contribution in [0.4, 0.5) is 11.4 Å². The van der Waals surface area contributed by atoms with Crippen molar-refractivity contribution in [2.24, 2.45) is 5.41 Å². The number of ether oxygens (including phenoxy) is 1. The number of aromatic nitrogens is 1. The van der Waals surface area contributed by atoms with Gasteiger partial charge in [0.25, 0.3) is 5.91 Å². The second kappa shape index (κ2) is 16.6. The van der Waals surface area contributed by atoms with Crippen molar-refractivity contribution in [1.82, 2.24) is 15.2 Å². The number of hydrogen-bond acceptors (Lipinski definition) is 7. The first-order chi connectivity index (χ1) is 19.7. The Labute approximate surface area is 270 Å². The highest BCUT2D eigenvalue weighted by Gasteiger charge is 2.45. The van der Waals surface area contributed by atoms with Gasteiger partial charge in [-0.25, -0.2) is 0 Å². The maximum absolute atomic E-state index is 13.1. The second-order valence-electron chi connectivity index (χ2n) is 10.6. The van der Waals surface area contributed by atoms with Gasteiger partial charge in [0.05, 0.1) is 18.0 Å². The van der Waals surface area contributed by atoms with E-state index in [4.69, 9.17) is 4.74 Å². The Hall–Kier alpha value is -3.18. The van der Waals surface area contributed by atoms with Gasteiger partial charge in [-0.1, -0.05) is 0 Å². The van der Waals surface area contributed by atoms with Crippen LogP contribution >= 0.6 is 36.2 Å². The lowest BCUT2D eigenvalue weighted by Gasteiger charge is -2.27. The highest BCUT2D eigenvalue weighted by molar-refractivity contribution is 7.08. The summed E-state index contributed by atoms with van der Waals surface area (Å²) in [5.41, 5.74) is 2.11. The topological polar surface area (TPSA) is 95.1 Å². The first kappa shape index (κ1) is 36.0. The molecule has 1 aliphatic heterocycles. The molecule has 1 aromatic carbocycles. The number of nitrogens with zero attached hydrogens (tertiary/aromatic N) is 4. The molecule has 0 aliphatic carbocycles. The molecule has 0 radical (unpaired) electrons. The summed E-state index contributed by atoms with van der Waals surface area (Å²) < 4.78 is 6.11. The van der Waals surface area contributed by atoms with Crippen LogP contribution in [0.5, 0.6) is 5.75 Å². The van der Waals surface area contributed by atoms with E-state index in [9.17, 15) is 14.4 Å². The third-order valence-corrected chi connectivity index (χ3v) is 7.98. The molecule has 0 bridgehead atoms. The molecule has 0 fully saturated rings. The summed E-state index contributed by atoms with van der Waals surface area (Å²) in [6.45, 7) is 9.27. The Morgan fingerprint density at radius 3 is 2.42 bits per heavy atom. The van der Waals surface area contributed by atoms with Crippen LogP contribution in [0.2, 0.25) is 0 Å². The van der Waals surface area contributed by atoms with E-state index in [0.29, 0.717) is 42.4 Å². The van der Waals surface area contributed by atoms with Crippen molar-refractivity contribution in [3.8, 4) is 5.75 Å². The number of hydrogen-bond donors (Lipinski definition) is 1. The Bertz CT molecular complexity index is 1340. The van der Waals surface area contributed by atoms with Crippen molar-refractivity contribution >= 4 is 65.2 Å². The van der Waals surface area contributed by atoms with Crippen molar-refractivity contribution in [2.45, 2.75) is 40.2 Å². The molecule has 9 nitrogen and oxygen atoms in total. The zero-order valence-corrected chi connectivity index (χ0v) is 27.5. The van der Waals surface area contributed by atoms with Crippen LogP contribution in [0.15, 0.2) is 59.6 Å². The number of fused-ring (bicyclic) bond motifs is 1. The molecule has 0 saturated heterocycles. The second-order valence-corrected chi connectivity index (χ2v) is 11.4. The minimum atomic E-state index is -1.14. The van der Waals surface area contributed by atoms with Crippen LogP contribution in [-0.2, 0) is 16.1 Å². The first-order valence-corrected chi connectivity index (χ1v) is 14.9. The minimum Gasteiger partial charge on any atom is -0.493 e. The zero-order valence-electron chi connectivity index (χ0n) is 25.1. The molecule has 0 spiro atoms. The highest BCUT2D eigenvalue weighted by Crippen LogP contribution is 2.40. The smallest absolute Gasteiger partial charge is 0.252 e. The van der Waals surface area contributed by atoms with Crippen molar-refractivity contribution in [1.29, 1.82) is 0 Å². The Morgan fingerprint density at radius 2 is 1.74 bits per heavy atom. The van der Waals surface area contributed by atoms with E-state index in [1.54, 1.807) is 43.1 Å². The molecule has 3 heterocycles. The number of halogens is 2. The minimum absolute atomic E-state index is 0. The van der Waals surface area contributed by atoms with Gasteiger partial charge >= 0.3 is 0 Å². The van der Waals surface area contributed by atoms with Gasteiger partial charge in [0.2, 0.25) is 11.8 Å². The molecule has 43 heavy (non-hydrogen) atoms. The van der Waals surface area contributed by atoms with E-state index in [-0.39, 0.29) is 42.5 Å². The van der Waals surface area contributed by atoms with Gasteiger partial charge in [-0.05, 0) is 74.9 Å². The lowest BCUT2D eigenvalue weighted by molar-refractivity contribution is -0.137. The number of amides is 3. The fraction of sp³-hybridized carbons (Fsp3) is 0.419. The van der Waals surface area contributed by atoms with Gasteiger partial charge in [-0.3, -0.25) is 24.3 Å². The predicted octanol–water partition coefficient (Wildman–Crippen LogP) is 5.43. The number of carbonyl (C=O) groups excluding carboxylic acids is 3. The highest BCUT2D eigenvalue weighted by atomic mass is 35.5. The number of benzene rings is 1. The number of thiophene rings is 1. The molecule has 0 atom stereocenters. The number of nitrogens with one attached hydrogen (secondary N) is 1. The summed E-state index contributed by atoms with van der Waals surface area (Å²) in [6, 6.07) is 11.4. The zero-order chi connectivity index (χ0) is 29.4. The molecule has 1 N–H and O–H groups in total. The molecule has 234 valence electrons. The fourth-order valence-electron chi connectivity index (χ4n) is 4.97. The quantitative estimate of drug-likeness (QED) is 0.196. The van der Waals surface area contributed by atoms with E-state index in [1.807, 2.05) is 54.1 Å². The SMILES string of the molecule is CCN1C(=O)C(C)(C)C(=O)N(C)c2cc(OCCCN(CCCNC(=O)c3ccsc3)Cc3ccncc3)ccc21.Cl.Cl. The van der Waals surface area contributed by atoms with E-state index in [1.165, 1.54) is 16.9 Å². The van der Waals surface area contributed by atoms with Gasteiger partial charge < -0.3 is 19.9 Å². The summed E-state index contributed by atoms with van der Waals surface area (Å²) in [6.07, 6.45) is 5.22. The summed E-state index contributed by atoms with van der Waals surface area (Å²) in [7, 11) is 1.71. The van der Waals surface area contributed by atoms with Gasteiger partial charge in [-0.15, -0.1) is 24.8 Å². The molecule has 3 amide bonds. The molecule has 0 unspecified atom stereocenters. The van der Waals surface area contributed by atoms with Crippen LogP contribution < -0.4 is 19.9 Å². The summed E-state index contributed by atoms with van der Waals surface area (Å²) in [5.74, 6) is 0.173. The monoisotopic (exact) mass is 649 g/mol. The number of pyridine rings is 1. The number of anilines is 2. The lowest BCUT2D eigenvalue weighted by atomic mass is 9.90. The molecule has 4 rings (SSSR count). The van der Waals surface area contributed by atoms with Gasteiger partial charge in [0.1, 0.15) is 11.2 Å². The van der Waals surface area contributed by atoms with Crippen LogP contribution in [0.3, 0.4) is 0 Å². The number of rotatable bonds is 13. The van der Waals surface area contributed by atoms with Crippen LogP contribution in [0.1, 0.15) is 49.5 Å². The molecule has 3 aromatic rings. The summed E-state index contributed by atoms with van der Waals surface area (Å²) >= 11 is 1.51. The van der Waals surface area contributed by atoms with Crippen molar-refractivity contribution < 1.29 is 19.1 Å². The standard InChI is InChI=1S/C31H39N5O4S.2ClH/c1-5-36-26-9-8-25(20-27(26)34(4)29(38)31(2,3)30(36)39)40-18-7-17-35(21-23-10-14-32-15-11-23)16-6-13-33-28(37)24-12-19-41-22-24;;/h8-12,14-15,19-20,22H,5-7,13,16-18,21H2,1-4H3,(H,33,37);2*1H. The summed E-state index contributed by atoms with van der Waals surface area (Å²) in [5, 5.41) is 6.75. The maximum Gasteiger partial charge on any atom is 0.252 e. The Morgan fingerprint density at radius 1 is 1.02 bits per heavy atom. The molecule has 12 heteroatoms.